The van der Waals surface area contributed by atoms with Crippen molar-refractivity contribution in [2.24, 2.45) is 5.73 Å². The zero-order valence-corrected chi connectivity index (χ0v) is 9.24. The average Bonchev–Trinajstić information content (AvgIpc) is 2.36. The summed E-state index contributed by atoms with van der Waals surface area (Å²) in [5.41, 5.74) is 5.12. The number of aromatic nitrogens is 1. The lowest BCUT2D eigenvalue weighted by Gasteiger charge is -2.14. The molecule has 0 atom stereocenters. The van der Waals surface area contributed by atoms with E-state index in [1.165, 1.54) is 25.4 Å². The molecule has 0 spiro atoms. The third-order valence-corrected chi connectivity index (χ3v) is 2.01. The molecule has 0 unspecified atom stereocenters. The fraction of sp³-hybridized carbons (Fsp3) is 0.400. The summed E-state index contributed by atoms with van der Waals surface area (Å²) in [6, 6.07) is 2.76. The Morgan fingerprint density at radius 1 is 1.65 bits per heavy atom. The van der Waals surface area contributed by atoms with Crippen molar-refractivity contribution in [2.75, 3.05) is 25.5 Å². The summed E-state index contributed by atoms with van der Waals surface area (Å²) >= 11 is 0. The largest absolute Gasteiger partial charge is 0.465 e. The van der Waals surface area contributed by atoms with Gasteiger partial charge in [-0.2, -0.15) is 0 Å². The molecule has 1 rings (SSSR count). The maximum absolute atomic E-state index is 12.9. The molecule has 0 aliphatic rings. The summed E-state index contributed by atoms with van der Waals surface area (Å²) in [7, 11) is 1.23. The number of carbonyl (C=O) groups is 1. The second kappa shape index (κ2) is 5.53. The highest BCUT2D eigenvalue weighted by atomic mass is 19.3. The number of ether oxygens (including phenoxy) is 1. The van der Waals surface area contributed by atoms with Crippen LogP contribution in [-0.2, 0) is 4.74 Å². The normalized spacial score (nSPS) is 11.1. The number of hydrogen-bond acceptors (Lipinski definition) is 5. The molecular formula is C10H13F2N3O2. The standard InChI is InChI=1S/C10H13F2N3O2/c1-17-9(16)7-2-3-14-8(4-7)15-6-10(11,12)5-13/h2-4H,5-6,13H2,1H3,(H,14,15). The number of nitrogens with one attached hydrogen (secondary N) is 1. The lowest BCUT2D eigenvalue weighted by atomic mass is 10.2. The maximum atomic E-state index is 12.9. The van der Waals surface area contributed by atoms with Gasteiger partial charge in [-0.3, -0.25) is 0 Å². The summed E-state index contributed by atoms with van der Waals surface area (Å²) in [5.74, 6) is -3.40. The van der Waals surface area contributed by atoms with Gasteiger partial charge in [0.2, 0.25) is 0 Å². The summed E-state index contributed by atoms with van der Waals surface area (Å²) in [6.45, 7) is -1.39. The third kappa shape index (κ3) is 3.95. The second-order valence-corrected chi connectivity index (χ2v) is 3.33. The van der Waals surface area contributed by atoms with Crippen molar-refractivity contribution in [1.82, 2.24) is 4.98 Å². The van der Waals surface area contributed by atoms with Crippen LogP contribution in [0.4, 0.5) is 14.6 Å². The number of methoxy groups -OCH3 is 1. The van der Waals surface area contributed by atoms with Crippen molar-refractivity contribution in [3.8, 4) is 0 Å². The first-order chi connectivity index (χ1) is 7.98. The summed E-state index contributed by atoms with van der Waals surface area (Å²) in [4.78, 5) is 15.0. The maximum Gasteiger partial charge on any atom is 0.338 e. The molecule has 0 saturated heterocycles. The highest BCUT2D eigenvalue weighted by Gasteiger charge is 2.26. The minimum atomic E-state index is -3.01. The molecule has 1 aromatic heterocycles. The van der Waals surface area contributed by atoms with E-state index in [1.54, 1.807) is 0 Å². The molecule has 0 aliphatic carbocycles. The molecule has 1 aromatic rings. The molecule has 0 fully saturated rings. The van der Waals surface area contributed by atoms with Gasteiger partial charge in [0.25, 0.3) is 5.92 Å². The number of rotatable bonds is 5. The number of esters is 1. The van der Waals surface area contributed by atoms with Crippen molar-refractivity contribution in [3.05, 3.63) is 23.9 Å². The highest BCUT2D eigenvalue weighted by Crippen LogP contribution is 2.13. The van der Waals surface area contributed by atoms with E-state index < -0.39 is 25.0 Å². The number of nitrogens with two attached hydrogens (primary N) is 1. The molecule has 0 saturated carbocycles. The van der Waals surface area contributed by atoms with Crippen LogP contribution in [0.15, 0.2) is 18.3 Å². The Morgan fingerprint density at radius 3 is 2.94 bits per heavy atom. The zero-order chi connectivity index (χ0) is 12.9. The molecule has 0 bridgehead atoms. The van der Waals surface area contributed by atoms with Gasteiger partial charge in [0, 0.05) is 6.20 Å². The SMILES string of the molecule is COC(=O)c1ccnc(NCC(F)(F)CN)c1. The van der Waals surface area contributed by atoms with E-state index in [1.807, 2.05) is 0 Å². The Balaban J connectivity index is 2.70. The van der Waals surface area contributed by atoms with E-state index in [0.29, 0.717) is 0 Å². The van der Waals surface area contributed by atoms with Gasteiger partial charge in [-0.1, -0.05) is 0 Å². The number of carbonyl (C=O) groups excluding carboxylic acids is 1. The number of hydrogen-bond donors (Lipinski definition) is 2. The van der Waals surface area contributed by atoms with Crippen molar-refractivity contribution < 1.29 is 18.3 Å². The van der Waals surface area contributed by atoms with E-state index >= 15 is 0 Å². The van der Waals surface area contributed by atoms with E-state index in [0.717, 1.165) is 0 Å². The molecule has 94 valence electrons. The van der Waals surface area contributed by atoms with Gasteiger partial charge in [-0.15, -0.1) is 0 Å². The van der Waals surface area contributed by atoms with E-state index in [9.17, 15) is 13.6 Å². The number of pyridine rings is 1. The molecule has 0 radical (unpaired) electrons. The molecule has 17 heavy (non-hydrogen) atoms. The highest BCUT2D eigenvalue weighted by molar-refractivity contribution is 5.89. The first-order valence-corrected chi connectivity index (χ1v) is 4.84. The Hall–Kier alpha value is -1.76. The molecule has 1 heterocycles. The predicted molar refractivity (Wildman–Crippen MR) is 58.1 cm³/mol. The van der Waals surface area contributed by atoms with Crippen LogP contribution >= 0.6 is 0 Å². The van der Waals surface area contributed by atoms with Gasteiger partial charge in [0.1, 0.15) is 5.82 Å². The fourth-order valence-electron chi connectivity index (χ4n) is 1.06. The smallest absolute Gasteiger partial charge is 0.338 e. The Kier molecular flexibility index (Phi) is 4.33. The van der Waals surface area contributed by atoms with Crippen LogP contribution in [0.3, 0.4) is 0 Å². The molecule has 0 aliphatic heterocycles. The topological polar surface area (TPSA) is 77.2 Å². The van der Waals surface area contributed by atoms with E-state index in [2.05, 4.69) is 15.0 Å². The van der Waals surface area contributed by atoms with Gasteiger partial charge in [-0.05, 0) is 12.1 Å². The van der Waals surface area contributed by atoms with Gasteiger partial charge in [-0.25, -0.2) is 18.6 Å². The summed E-state index contributed by atoms with van der Waals surface area (Å²) in [5, 5.41) is 2.41. The third-order valence-electron chi connectivity index (χ3n) is 2.01. The number of halogens is 2. The second-order valence-electron chi connectivity index (χ2n) is 3.33. The Morgan fingerprint density at radius 2 is 2.35 bits per heavy atom. The molecule has 7 heteroatoms. The van der Waals surface area contributed by atoms with Gasteiger partial charge in [0.05, 0.1) is 25.8 Å². The van der Waals surface area contributed by atoms with Crippen LogP contribution in [0, 0.1) is 0 Å². The average molecular weight is 245 g/mol. The quantitative estimate of drug-likeness (QED) is 0.753. The number of nitrogens with zero attached hydrogens (tertiary/aromatic N) is 1. The molecule has 0 aromatic carbocycles. The Labute approximate surface area is 97.0 Å². The minimum Gasteiger partial charge on any atom is -0.465 e. The lowest BCUT2D eigenvalue weighted by Crippen LogP contribution is -2.35. The fourth-order valence-corrected chi connectivity index (χ4v) is 1.06. The van der Waals surface area contributed by atoms with E-state index in [4.69, 9.17) is 5.73 Å². The number of alkyl halides is 2. The Bertz CT molecular complexity index is 399. The molecule has 0 amide bonds. The van der Waals surface area contributed by atoms with Crippen LogP contribution in [0.1, 0.15) is 10.4 Å². The van der Waals surface area contributed by atoms with Crippen LogP contribution in [0.2, 0.25) is 0 Å². The predicted octanol–water partition coefficient (Wildman–Crippen LogP) is 0.874. The van der Waals surface area contributed by atoms with Crippen LogP contribution < -0.4 is 11.1 Å². The van der Waals surface area contributed by atoms with Crippen LogP contribution in [-0.4, -0.2) is 37.1 Å². The van der Waals surface area contributed by atoms with Crippen LogP contribution in [0.5, 0.6) is 0 Å². The lowest BCUT2D eigenvalue weighted by molar-refractivity contribution is 0.0253. The number of anilines is 1. The van der Waals surface area contributed by atoms with Gasteiger partial charge >= 0.3 is 5.97 Å². The zero-order valence-electron chi connectivity index (χ0n) is 9.24. The van der Waals surface area contributed by atoms with E-state index in [-0.39, 0.29) is 11.4 Å². The van der Waals surface area contributed by atoms with Crippen molar-refractivity contribution in [3.63, 3.8) is 0 Å². The minimum absolute atomic E-state index is 0.168. The first kappa shape index (κ1) is 13.3. The molecule has 5 nitrogen and oxygen atoms in total. The summed E-state index contributed by atoms with van der Waals surface area (Å²) < 4.78 is 30.2. The molecule has 3 N–H and O–H groups in total. The first-order valence-electron chi connectivity index (χ1n) is 4.84. The van der Waals surface area contributed by atoms with Crippen LogP contribution in [0.25, 0.3) is 0 Å². The monoisotopic (exact) mass is 245 g/mol. The molecular weight excluding hydrogens is 232 g/mol. The van der Waals surface area contributed by atoms with Crippen molar-refractivity contribution in [2.45, 2.75) is 5.92 Å². The van der Waals surface area contributed by atoms with Crippen molar-refractivity contribution >= 4 is 11.8 Å². The van der Waals surface area contributed by atoms with Gasteiger partial charge < -0.3 is 15.8 Å². The van der Waals surface area contributed by atoms with Crippen molar-refractivity contribution in [1.29, 1.82) is 0 Å². The van der Waals surface area contributed by atoms with Gasteiger partial charge in [0.15, 0.2) is 0 Å². The summed E-state index contributed by atoms with van der Waals surface area (Å²) in [6.07, 6.45) is 1.33.